The van der Waals surface area contributed by atoms with Crippen LogP contribution in [0.1, 0.15) is 54.6 Å². The van der Waals surface area contributed by atoms with Crippen LogP contribution in [0.25, 0.3) is 11.0 Å². The van der Waals surface area contributed by atoms with E-state index in [4.69, 9.17) is 9.15 Å². The number of carbonyl (C=O) groups excluding carboxylic acids is 1. The van der Waals surface area contributed by atoms with Crippen LogP contribution in [0, 0.1) is 0 Å². The molecular weight excluding hydrogens is 454 g/mol. The number of alkyl halides is 2. The van der Waals surface area contributed by atoms with Crippen LogP contribution in [-0.4, -0.2) is 36.4 Å². The van der Waals surface area contributed by atoms with Gasteiger partial charge in [-0.15, -0.1) is 0 Å². The first-order chi connectivity index (χ1) is 16.8. The number of nitrogens with zero attached hydrogens (tertiary/aromatic N) is 1. The number of hydrogen-bond acceptors (Lipinski definition) is 5. The zero-order chi connectivity index (χ0) is 25.0. The standard InChI is InChI=1S/C27H30F2N2O4/c1-3-6-21-23(34-4-2)12-9-19-15-22(26(33)35-24(19)21)25(32)30-20-10-7-18(8-11-20)16-31-14-5-13-27(28,29)17-31/h7-12,15H,3-6,13-14,16-17H2,1-2H3,(H,30,32). The number of fused-ring (bicyclic) bond motifs is 1. The van der Waals surface area contributed by atoms with Crippen molar-refractivity contribution >= 4 is 22.6 Å². The largest absolute Gasteiger partial charge is 0.493 e. The van der Waals surface area contributed by atoms with Gasteiger partial charge in [0.15, 0.2) is 0 Å². The molecule has 1 fully saturated rings. The Balaban J connectivity index is 1.50. The first-order valence-corrected chi connectivity index (χ1v) is 12.0. The number of aryl methyl sites for hydroxylation is 1. The number of piperidine rings is 1. The number of nitrogens with one attached hydrogen (secondary N) is 1. The summed E-state index contributed by atoms with van der Waals surface area (Å²) in [6.45, 7) is 5.23. The average molecular weight is 485 g/mol. The second kappa shape index (κ2) is 10.6. The fraction of sp³-hybridized carbons (Fsp3) is 0.407. The summed E-state index contributed by atoms with van der Waals surface area (Å²) in [4.78, 5) is 27.3. The third-order valence-electron chi connectivity index (χ3n) is 6.10. The lowest BCUT2D eigenvalue weighted by atomic mass is 10.0. The molecule has 0 atom stereocenters. The van der Waals surface area contributed by atoms with Crippen LogP contribution < -0.4 is 15.7 Å². The Labute approximate surface area is 202 Å². The van der Waals surface area contributed by atoms with E-state index in [0.717, 1.165) is 17.5 Å². The van der Waals surface area contributed by atoms with E-state index in [1.807, 2.05) is 19.9 Å². The molecule has 1 aliphatic rings. The number of rotatable bonds is 8. The van der Waals surface area contributed by atoms with Crippen LogP contribution in [0.2, 0.25) is 0 Å². The highest BCUT2D eigenvalue weighted by atomic mass is 19.3. The predicted molar refractivity (Wildman–Crippen MR) is 132 cm³/mol. The second-order valence-electron chi connectivity index (χ2n) is 8.91. The van der Waals surface area contributed by atoms with Gasteiger partial charge in [-0.2, -0.15) is 0 Å². The van der Waals surface area contributed by atoms with Crippen LogP contribution in [-0.2, 0) is 13.0 Å². The molecule has 0 radical (unpaired) electrons. The van der Waals surface area contributed by atoms with Crippen molar-refractivity contribution in [3.05, 3.63) is 69.6 Å². The molecule has 35 heavy (non-hydrogen) atoms. The van der Waals surface area contributed by atoms with E-state index in [-0.39, 0.29) is 18.5 Å². The molecule has 3 aromatic rings. The van der Waals surface area contributed by atoms with Crippen LogP contribution >= 0.6 is 0 Å². The lowest BCUT2D eigenvalue weighted by Gasteiger charge is -2.32. The van der Waals surface area contributed by atoms with E-state index < -0.39 is 17.5 Å². The Morgan fingerprint density at radius 3 is 2.63 bits per heavy atom. The molecular formula is C27H30F2N2O4. The highest BCUT2D eigenvalue weighted by Crippen LogP contribution is 2.30. The molecule has 1 amide bonds. The minimum absolute atomic E-state index is 0.0647. The number of hydrogen-bond donors (Lipinski definition) is 1. The predicted octanol–water partition coefficient (Wildman–Crippen LogP) is 5.63. The second-order valence-corrected chi connectivity index (χ2v) is 8.91. The summed E-state index contributed by atoms with van der Waals surface area (Å²) < 4.78 is 38.5. The third-order valence-corrected chi connectivity index (χ3v) is 6.10. The molecule has 0 bridgehead atoms. The number of carbonyl (C=O) groups is 1. The van der Waals surface area contributed by atoms with E-state index in [0.29, 0.717) is 54.9 Å². The Morgan fingerprint density at radius 1 is 1.17 bits per heavy atom. The molecule has 0 spiro atoms. The van der Waals surface area contributed by atoms with Gasteiger partial charge in [-0.05, 0) is 62.2 Å². The molecule has 1 aliphatic heterocycles. The van der Waals surface area contributed by atoms with Gasteiger partial charge < -0.3 is 14.5 Å². The van der Waals surface area contributed by atoms with Crippen molar-refractivity contribution in [2.75, 3.05) is 25.0 Å². The van der Waals surface area contributed by atoms with Crippen molar-refractivity contribution in [2.45, 2.75) is 52.0 Å². The van der Waals surface area contributed by atoms with Gasteiger partial charge in [0.25, 0.3) is 11.8 Å². The molecule has 0 saturated carbocycles. The molecule has 0 aliphatic carbocycles. The summed E-state index contributed by atoms with van der Waals surface area (Å²) in [5, 5.41) is 3.37. The average Bonchev–Trinajstić information content (AvgIpc) is 2.81. The summed E-state index contributed by atoms with van der Waals surface area (Å²) >= 11 is 0. The van der Waals surface area contributed by atoms with E-state index in [1.54, 1.807) is 35.2 Å². The van der Waals surface area contributed by atoms with Crippen LogP contribution in [0.5, 0.6) is 5.75 Å². The van der Waals surface area contributed by atoms with Gasteiger partial charge in [-0.3, -0.25) is 9.69 Å². The number of likely N-dealkylation sites (tertiary alicyclic amines) is 1. The van der Waals surface area contributed by atoms with Crippen LogP contribution in [0.4, 0.5) is 14.5 Å². The molecule has 8 heteroatoms. The van der Waals surface area contributed by atoms with E-state index in [2.05, 4.69) is 5.32 Å². The molecule has 1 saturated heterocycles. The van der Waals surface area contributed by atoms with Crippen molar-refractivity contribution in [2.24, 2.45) is 0 Å². The molecule has 186 valence electrons. The monoisotopic (exact) mass is 484 g/mol. The van der Waals surface area contributed by atoms with Crippen LogP contribution in [0.15, 0.2) is 51.7 Å². The van der Waals surface area contributed by atoms with E-state index >= 15 is 0 Å². The van der Waals surface area contributed by atoms with E-state index in [1.165, 1.54) is 6.07 Å². The normalized spacial score (nSPS) is 15.8. The lowest BCUT2D eigenvalue weighted by molar-refractivity contribution is -0.0661. The third kappa shape index (κ3) is 5.88. The van der Waals surface area contributed by atoms with E-state index in [9.17, 15) is 18.4 Å². The molecule has 1 N–H and O–H groups in total. The highest BCUT2D eigenvalue weighted by Gasteiger charge is 2.34. The molecule has 1 aromatic heterocycles. The van der Waals surface area contributed by atoms with Crippen molar-refractivity contribution in [1.29, 1.82) is 0 Å². The Hall–Kier alpha value is -3.26. The van der Waals surface area contributed by atoms with Gasteiger partial charge in [0, 0.05) is 29.6 Å². The molecule has 6 nitrogen and oxygen atoms in total. The van der Waals surface area contributed by atoms with Crippen molar-refractivity contribution in [1.82, 2.24) is 4.90 Å². The zero-order valence-corrected chi connectivity index (χ0v) is 20.0. The molecule has 2 heterocycles. The van der Waals surface area contributed by atoms with Gasteiger partial charge in [-0.25, -0.2) is 13.6 Å². The minimum Gasteiger partial charge on any atom is -0.493 e. The van der Waals surface area contributed by atoms with Gasteiger partial charge >= 0.3 is 5.63 Å². The maximum atomic E-state index is 13.6. The Morgan fingerprint density at radius 2 is 1.94 bits per heavy atom. The summed E-state index contributed by atoms with van der Waals surface area (Å²) in [6.07, 6.45) is 1.94. The lowest BCUT2D eigenvalue weighted by Crippen LogP contribution is -2.41. The number of amides is 1. The summed E-state index contributed by atoms with van der Waals surface area (Å²) in [6, 6.07) is 12.1. The van der Waals surface area contributed by atoms with Crippen molar-refractivity contribution in [3.8, 4) is 5.75 Å². The number of ether oxygens (including phenoxy) is 1. The quantitative estimate of drug-likeness (QED) is 0.420. The molecule has 0 unspecified atom stereocenters. The maximum Gasteiger partial charge on any atom is 0.349 e. The number of anilines is 1. The fourth-order valence-corrected chi connectivity index (χ4v) is 4.49. The van der Waals surface area contributed by atoms with Gasteiger partial charge in [-0.1, -0.05) is 25.5 Å². The SMILES string of the molecule is CCCc1c(OCC)ccc2cc(C(=O)Nc3ccc(CN4CCCC(F)(F)C4)cc3)c(=O)oc12. The number of halogens is 2. The summed E-state index contributed by atoms with van der Waals surface area (Å²) in [5.41, 5.74) is 1.82. The zero-order valence-electron chi connectivity index (χ0n) is 20.0. The first-order valence-electron chi connectivity index (χ1n) is 12.0. The summed E-state index contributed by atoms with van der Waals surface area (Å²) in [5.74, 6) is -2.54. The van der Waals surface area contributed by atoms with Gasteiger partial charge in [0.2, 0.25) is 0 Å². The highest BCUT2D eigenvalue weighted by molar-refractivity contribution is 6.05. The van der Waals surface area contributed by atoms with Crippen molar-refractivity contribution in [3.63, 3.8) is 0 Å². The Bertz CT molecular complexity index is 1250. The van der Waals surface area contributed by atoms with Gasteiger partial charge in [0.1, 0.15) is 16.9 Å². The smallest absolute Gasteiger partial charge is 0.349 e. The fourth-order valence-electron chi connectivity index (χ4n) is 4.49. The molecule has 4 rings (SSSR count). The van der Waals surface area contributed by atoms with Crippen LogP contribution in [0.3, 0.4) is 0 Å². The number of benzene rings is 2. The first kappa shape index (κ1) is 24.9. The minimum atomic E-state index is -2.64. The topological polar surface area (TPSA) is 71.8 Å². The Kier molecular flexibility index (Phi) is 7.50. The summed E-state index contributed by atoms with van der Waals surface area (Å²) in [7, 11) is 0. The van der Waals surface area contributed by atoms with Gasteiger partial charge in [0.05, 0.1) is 13.2 Å². The van der Waals surface area contributed by atoms with Crippen molar-refractivity contribution < 1.29 is 22.7 Å². The molecule has 2 aromatic carbocycles. The maximum absolute atomic E-state index is 13.6.